The lowest BCUT2D eigenvalue weighted by Crippen LogP contribution is -2.39. The van der Waals surface area contributed by atoms with Crippen molar-refractivity contribution < 1.29 is 27.6 Å². The molecule has 0 aliphatic carbocycles. The zero-order valence-electron chi connectivity index (χ0n) is 13.7. The maximum Gasteiger partial charge on any atom is 0.418 e. The third kappa shape index (κ3) is 7.10. The molecule has 138 valence electrons. The molecular weight excluding hydrogens is 341 g/mol. The maximum atomic E-state index is 13.1. The standard InChI is InChI=1S/C15H19F3N4O3/c1-3-6-19-13(24)8-20-14(25)22-12-5-4-10(21-9(2)23)7-11(12)15(16,17)18/h4-5,7H,3,6,8H2,1-2H3,(H,19,24)(H,21,23)(H2,20,22,25). The highest BCUT2D eigenvalue weighted by atomic mass is 19.4. The Labute approximate surface area is 142 Å². The number of hydrogen-bond donors (Lipinski definition) is 4. The lowest BCUT2D eigenvalue weighted by atomic mass is 10.1. The van der Waals surface area contributed by atoms with Crippen molar-refractivity contribution in [3.05, 3.63) is 23.8 Å². The number of carbonyl (C=O) groups excluding carboxylic acids is 3. The van der Waals surface area contributed by atoms with Gasteiger partial charge in [-0.2, -0.15) is 13.2 Å². The van der Waals surface area contributed by atoms with Gasteiger partial charge in [0.15, 0.2) is 0 Å². The van der Waals surface area contributed by atoms with E-state index in [1.807, 2.05) is 12.2 Å². The summed E-state index contributed by atoms with van der Waals surface area (Å²) in [5.74, 6) is -0.973. The Bertz CT molecular complexity index is 647. The Balaban J connectivity index is 2.81. The van der Waals surface area contributed by atoms with Crippen molar-refractivity contribution in [2.24, 2.45) is 0 Å². The lowest BCUT2D eigenvalue weighted by Gasteiger charge is -2.16. The van der Waals surface area contributed by atoms with Crippen LogP contribution in [0.1, 0.15) is 25.8 Å². The predicted octanol–water partition coefficient (Wildman–Crippen LogP) is 2.31. The summed E-state index contributed by atoms with van der Waals surface area (Å²) in [6, 6.07) is 2.00. The van der Waals surface area contributed by atoms with E-state index in [1.54, 1.807) is 0 Å². The van der Waals surface area contributed by atoms with E-state index in [4.69, 9.17) is 0 Å². The molecule has 0 saturated carbocycles. The van der Waals surface area contributed by atoms with E-state index >= 15 is 0 Å². The Morgan fingerprint density at radius 1 is 1.08 bits per heavy atom. The highest BCUT2D eigenvalue weighted by Crippen LogP contribution is 2.36. The molecule has 0 saturated heterocycles. The SMILES string of the molecule is CCCNC(=O)CNC(=O)Nc1ccc(NC(C)=O)cc1C(F)(F)F. The van der Waals surface area contributed by atoms with Crippen LogP contribution in [0.2, 0.25) is 0 Å². The van der Waals surface area contributed by atoms with E-state index in [-0.39, 0.29) is 12.2 Å². The highest BCUT2D eigenvalue weighted by Gasteiger charge is 2.34. The first-order valence-electron chi connectivity index (χ1n) is 7.44. The van der Waals surface area contributed by atoms with E-state index in [9.17, 15) is 27.6 Å². The largest absolute Gasteiger partial charge is 0.418 e. The molecule has 0 bridgehead atoms. The van der Waals surface area contributed by atoms with Gasteiger partial charge in [-0.15, -0.1) is 0 Å². The number of alkyl halides is 3. The van der Waals surface area contributed by atoms with Crippen LogP contribution < -0.4 is 21.3 Å². The van der Waals surface area contributed by atoms with Gasteiger partial charge in [0.05, 0.1) is 17.8 Å². The van der Waals surface area contributed by atoms with Crippen LogP contribution in [0.3, 0.4) is 0 Å². The molecule has 1 aromatic carbocycles. The molecule has 7 nitrogen and oxygen atoms in total. The smallest absolute Gasteiger partial charge is 0.355 e. The second-order valence-electron chi connectivity index (χ2n) is 5.10. The minimum atomic E-state index is -4.74. The zero-order valence-corrected chi connectivity index (χ0v) is 13.7. The summed E-state index contributed by atoms with van der Waals surface area (Å²) in [6.07, 6.45) is -4.02. The first-order chi connectivity index (χ1) is 11.6. The van der Waals surface area contributed by atoms with E-state index in [2.05, 4.69) is 16.0 Å². The van der Waals surface area contributed by atoms with Crippen LogP contribution in [0.15, 0.2) is 18.2 Å². The van der Waals surface area contributed by atoms with Crippen LogP contribution in [0.25, 0.3) is 0 Å². The second-order valence-corrected chi connectivity index (χ2v) is 5.10. The molecule has 10 heteroatoms. The van der Waals surface area contributed by atoms with E-state index < -0.39 is 35.3 Å². The average molecular weight is 360 g/mol. The number of benzene rings is 1. The van der Waals surface area contributed by atoms with Gasteiger partial charge >= 0.3 is 12.2 Å². The van der Waals surface area contributed by atoms with Gasteiger partial charge < -0.3 is 21.3 Å². The van der Waals surface area contributed by atoms with Crippen LogP contribution in [-0.2, 0) is 15.8 Å². The number of halogens is 3. The van der Waals surface area contributed by atoms with E-state index in [0.717, 1.165) is 13.0 Å². The summed E-state index contributed by atoms with van der Waals surface area (Å²) in [4.78, 5) is 34.0. The number of rotatable bonds is 6. The number of carbonyl (C=O) groups is 3. The average Bonchev–Trinajstić information content (AvgIpc) is 2.50. The highest BCUT2D eigenvalue weighted by molar-refractivity contribution is 5.94. The topological polar surface area (TPSA) is 99.3 Å². The molecule has 1 aromatic rings. The van der Waals surface area contributed by atoms with Gasteiger partial charge in [0.2, 0.25) is 11.8 Å². The minimum Gasteiger partial charge on any atom is -0.355 e. The van der Waals surface area contributed by atoms with Crippen molar-refractivity contribution in [3.63, 3.8) is 0 Å². The van der Waals surface area contributed by atoms with Crippen LogP contribution >= 0.6 is 0 Å². The molecule has 0 radical (unpaired) electrons. The molecule has 0 aromatic heterocycles. The van der Waals surface area contributed by atoms with Gasteiger partial charge in [0, 0.05) is 19.2 Å². The number of amides is 4. The van der Waals surface area contributed by atoms with Crippen molar-refractivity contribution in [3.8, 4) is 0 Å². The molecule has 0 heterocycles. The van der Waals surface area contributed by atoms with Gasteiger partial charge in [-0.1, -0.05) is 6.92 Å². The van der Waals surface area contributed by atoms with Crippen molar-refractivity contribution in [2.75, 3.05) is 23.7 Å². The van der Waals surface area contributed by atoms with Gasteiger partial charge in [0.1, 0.15) is 0 Å². The van der Waals surface area contributed by atoms with Gasteiger partial charge in [-0.25, -0.2) is 4.79 Å². The summed E-state index contributed by atoms with van der Waals surface area (Å²) in [5, 5.41) is 8.96. The Hall–Kier alpha value is -2.78. The Morgan fingerprint density at radius 3 is 2.32 bits per heavy atom. The van der Waals surface area contributed by atoms with Crippen molar-refractivity contribution in [2.45, 2.75) is 26.4 Å². The molecule has 0 atom stereocenters. The number of anilines is 2. The molecule has 0 aliphatic heterocycles. The van der Waals surface area contributed by atoms with E-state index in [1.165, 1.54) is 6.07 Å². The first-order valence-corrected chi connectivity index (χ1v) is 7.44. The van der Waals surface area contributed by atoms with Crippen molar-refractivity contribution in [1.82, 2.24) is 10.6 Å². The maximum absolute atomic E-state index is 13.1. The number of nitrogens with one attached hydrogen (secondary N) is 4. The van der Waals surface area contributed by atoms with Crippen LogP contribution in [-0.4, -0.2) is 30.9 Å². The molecule has 25 heavy (non-hydrogen) atoms. The third-order valence-electron chi connectivity index (χ3n) is 2.88. The van der Waals surface area contributed by atoms with Crippen molar-refractivity contribution in [1.29, 1.82) is 0 Å². The molecule has 1 rings (SSSR count). The van der Waals surface area contributed by atoms with Gasteiger partial charge in [0.25, 0.3) is 0 Å². The molecule has 0 spiro atoms. The summed E-state index contributed by atoms with van der Waals surface area (Å²) in [6.45, 7) is 3.09. The van der Waals surface area contributed by atoms with Crippen LogP contribution in [0.4, 0.5) is 29.3 Å². The summed E-state index contributed by atoms with van der Waals surface area (Å²) in [7, 11) is 0. The van der Waals surface area contributed by atoms with Crippen molar-refractivity contribution >= 4 is 29.2 Å². The fourth-order valence-electron chi connectivity index (χ4n) is 1.82. The minimum absolute atomic E-state index is 0.0512. The number of hydrogen-bond acceptors (Lipinski definition) is 3. The normalized spacial score (nSPS) is 10.8. The van der Waals surface area contributed by atoms with E-state index in [0.29, 0.717) is 19.0 Å². The second kappa shape index (κ2) is 8.90. The fourth-order valence-corrected chi connectivity index (χ4v) is 1.82. The molecule has 0 unspecified atom stereocenters. The molecule has 0 aliphatic rings. The monoisotopic (exact) mass is 360 g/mol. The first kappa shape index (κ1) is 20.3. The molecule has 4 N–H and O–H groups in total. The summed E-state index contributed by atoms with van der Waals surface area (Å²) in [5.41, 5.74) is -1.66. The predicted molar refractivity (Wildman–Crippen MR) is 86.1 cm³/mol. The summed E-state index contributed by atoms with van der Waals surface area (Å²) >= 11 is 0. The van der Waals surface area contributed by atoms with Gasteiger partial charge in [-0.05, 0) is 24.6 Å². The molecular formula is C15H19F3N4O3. The van der Waals surface area contributed by atoms with Crippen LogP contribution in [0.5, 0.6) is 0 Å². The van der Waals surface area contributed by atoms with Gasteiger partial charge in [-0.3, -0.25) is 9.59 Å². The zero-order chi connectivity index (χ0) is 19.0. The van der Waals surface area contributed by atoms with Crippen LogP contribution in [0, 0.1) is 0 Å². The Kier molecular flexibility index (Phi) is 7.22. The summed E-state index contributed by atoms with van der Waals surface area (Å²) < 4.78 is 39.4. The lowest BCUT2D eigenvalue weighted by molar-refractivity contribution is -0.137. The molecule has 0 fully saturated rings. The molecule has 4 amide bonds. The number of urea groups is 1. The Morgan fingerprint density at radius 2 is 1.76 bits per heavy atom. The quantitative estimate of drug-likeness (QED) is 0.626. The third-order valence-corrected chi connectivity index (χ3v) is 2.88. The fraction of sp³-hybridized carbons (Fsp3) is 0.400.